The van der Waals surface area contributed by atoms with Gasteiger partial charge >= 0.3 is 0 Å². The number of amides is 1. The van der Waals surface area contributed by atoms with E-state index in [0.717, 1.165) is 17.0 Å². The fourth-order valence-corrected chi connectivity index (χ4v) is 3.29. The van der Waals surface area contributed by atoms with Crippen molar-refractivity contribution < 1.29 is 9.59 Å². The average molecular weight is 293 g/mol. The molecule has 1 amide bonds. The second-order valence-corrected chi connectivity index (χ2v) is 5.67. The molecule has 1 N–H and O–H groups in total. The largest absolute Gasteiger partial charge is 0.351 e. The standard InChI is InChI=1S/C17H15N3O2/c1-19-7-3-5-11(19)10-9-13(21)15-14(10)17(22)18-16(15)12-6-4-8-20(12)2/h3-8H,9H2,1-2H3,(H,18,22). The third-order valence-corrected chi connectivity index (χ3v) is 4.34. The lowest BCUT2D eigenvalue weighted by Crippen LogP contribution is -2.18. The Morgan fingerprint density at radius 2 is 1.59 bits per heavy atom. The molecule has 4 rings (SSSR count). The van der Waals surface area contributed by atoms with Crippen LogP contribution >= 0.6 is 0 Å². The van der Waals surface area contributed by atoms with Gasteiger partial charge in [0.05, 0.1) is 22.5 Å². The van der Waals surface area contributed by atoms with E-state index in [1.807, 2.05) is 59.9 Å². The molecule has 3 heterocycles. The lowest BCUT2D eigenvalue weighted by molar-refractivity contribution is -0.116. The first-order chi connectivity index (χ1) is 10.6. The maximum Gasteiger partial charge on any atom is 0.256 e. The first-order valence-electron chi connectivity index (χ1n) is 7.13. The quantitative estimate of drug-likeness (QED) is 0.915. The van der Waals surface area contributed by atoms with Crippen molar-refractivity contribution in [3.63, 3.8) is 0 Å². The van der Waals surface area contributed by atoms with Crippen molar-refractivity contribution in [3.05, 3.63) is 59.2 Å². The highest BCUT2D eigenvalue weighted by Crippen LogP contribution is 2.42. The van der Waals surface area contributed by atoms with Crippen molar-refractivity contribution in [1.82, 2.24) is 14.5 Å². The maximum atomic E-state index is 12.5. The van der Waals surface area contributed by atoms with Crippen LogP contribution in [0.3, 0.4) is 0 Å². The number of Topliss-reactive ketones (excluding diaryl/α,β-unsaturated/α-hetero) is 1. The molecule has 22 heavy (non-hydrogen) atoms. The molecule has 0 unspecified atom stereocenters. The molecular formula is C17H15N3O2. The van der Waals surface area contributed by atoms with E-state index >= 15 is 0 Å². The van der Waals surface area contributed by atoms with E-state index in [-0.39, 0.29) is 18.1 Å². The number of rotatable bonds is 2. The van der Waals surface area contributed by atoms with Gasteiger partial charge in [-0.2, -0.15) is 0 Å². The molecule has 0 saturated carbocycles. The number of hydrogen-bond acceptors (Lipinski definition) is 2. The summed E-state index contributed by atoms with van der Waals surface area (Å²) < 4.78 is 3.84. The van der Waals surface area contributed by atoms with E-state index in [2.05, 4.69) is 5.32 Å². The van der Waals surface area contributed by atoms with E-state index in [1.54, 1.807) is 0 Å². The molecule has 0 spiro atoms. The molecule has 0 radical (unpaired) electrons. The zero-order chi connectivity index (χ0) is 15.4. The number of carbonyl (C=O) groups excluding carboxylic acids is 2. The SMILES string of the molecule is Cn1cccc1C1=C2C(=O)NC(c3cccn3C)=C2C(=O)C1. The molecule has 0 saturated heterocycles. The molecule has 0 aromatic carbocycles. The summed E-state index contributed by atoms with van der Waals surface area (Å²) in [6.07, 6.45) is 4.10. The fourth-order valence-electron chi connectivity index (χ4n) is 3.29. The van der Waals surface area contributed by atoms with E-state index in [1.165, 1.54) is 0 Å². The number of fused-ring (bicyclic) bond motifs is 1. The van der Waals surface area contributed by atoms with Gasteiger partial charge in [0.25, 0.3) is 5.91 Å². The van der Waals surface area contributed by atoms with E-state index in [9.17, 15) is 9.59 Å². The van der Waals surface area contributed by atoms with Crippen LogP contribution in [0.4, 0.5) is 0 Å². The zero-order valence-corrected chi connectivity index (χ0v) is 12.4. The lowest BCUT2D eigenvalue weighted by atomic mass is 10.1. The Kier molecular flexibility index (Phi) is 2.54. The first kappa shape index (κ1) is 12.9. The Hall–Kier alpha value is -2.82. The average Bonchev–Trinajstić information content (AvgIpc) is 3.19. The Balaban J connectivity index is 1.96. The number of nitrogens with one attached hydrogen (secondary N) is 1. The van der Waals surface area contributed by atoms with Crippen LogP contribution in [0.5, 0.6) is 0 Å². The first-order valence-corrected chi connectivity index (χ1v) is 7.13. The summed E-state index contributed by atoms with van der Waals surface area (Å²) in [4.78, 5) is 25.0. The second-order valence-electron chi connectivity index (χ2n) is 5.67. The van der Waals surface area contributed by atoms with Crippen molar-refractivity contribution in [2.45, 2.75) is 6.42 Å². The Labute approximate surface area is 127 Å². The van der Waals surface area contributed by atoms with Gasteiger partial charge in [-0.15, -0.1) is 0 Å². The minimum absolute atomic E-state index is 0.000694. The molecule has 2 aromatic rings. The van der Waals surface area contributed by atoms with Gasteiger partial charge in [0.15, 0.2) is 5.78 Å². The van der Waals surface area contributed by atoms with Gasteiger partial charge < -0.3 is 14.5 Å². The smallest absolute Gasteiger partial charge is 0.256 e. The molecule has 5 heteroatoms. The topological polar surface area (TPSA) is 56.0 Å². The van der Waals surface area contributed by atoms with Crippen LogP contribution in [0.1, 0.15) is 17.8 Å². The van der Waals surface area contributed by atoms with Crippen LogP contribution in [0, 0.1) is 0 Å². The minimum Gasteiger partial charge on any atom is -0.351 e. The summed E-state index contributed by atoms with van der Waals surface area (Å²) >= 11 is 0. The number of aryl methyl sites for hydroxylation is 2. The maximum absolute atomic E-state index is 12.5. The number of nitrogens with zero attached hydrogens (tertiary/aromatic N) is 2. The molecule has 5 nitrogen and oxygen atoms in total. The van der Waals surface area contributed by atoms with Crippen LogP contribution in [0.15, 0.2) is 47.8 Å². The highest BCUT2D eigenvalue weighted by molar-refractivity contribution is 6.31. The van der Waals surface area contributed by atoms with Crippen LogP contribution in [-0.2, 0) is 23.7 Å². The van der Waals surface area contributed by atoms with Gasteiger partial charge in [-0.3, -0.25) is 9.59 Å². The van der Waals surface area contributed by atoms with Crippen LogP contribution in [0.25, 0.3) is 11.3 Å². The van der Waals surface area contributed by atoms with Gasteiger partial charge in [0.1, 0.15) is 0 Å². The van der Waals surface area contributed by atoms with Crippen molar-refractivity contribution >= 4 is 23.0 Å². The van der Waals surface area contributed by atoms with Crippen LogP contribution in [0.2, 0.25) is 0 Å². The lowest BCUT2D eigenvalue weighted by Gasteiger charge is -2.07. The van der Waals surface area contributed by atoms with Gasteiger partial charge in [-0.1, -0.05) is 0 Å². The third kappa shape index (κ3) is 1.59. The molecular weight excluding hydrogens is 278 g/mol. The van der Waals surface area contributed by atoms with E-state index < -0.39 is 0 Å². The number of hydrogen-bond donors (Lipinski definition) is 1. The van der Waals surface area contributed by atoms with Crippen molar-refractivity contribution in [1.29, 1.82) is 0 Å². The second kappa shape index (κ2) is 4.34. The van der Waals surface area contributed by atoms with Gasteiger partial charge in [-0.05, 0) is 29.8 Å². The van der Waals surface area contributed by atoms with Crippen molar-refractivity contribution in [2.75, 3.05) is 0 Å². The Morgan fingerprint density at radius 3 is 2.18 bits per heavy atom. The highest BCUT2D eigenvalue weighted by atomic mass is 16.2. The summed E-state index contributed by atoms with van der Waals surface area (Å²) in [7, 11) is 3.81. The number of ketones is 1. The zero-order valence-electron chi connectivity index (χ0n) is 12.4. The summed E-state index contributed by atoms with van der Waals surface area (Å²) in [5, 5.41) is 2.87. The number of allylic oxidation sites excluding steroid dienone is 1. The molecule has 1 aliphatic carbocycles. The van der Waals surface area contributed by atoms with Gasteiger partial charge in [-0.25, -0.2) is 0 Å². The molecule has 0 fully saturated rings. The van der Waals surface area contributed by atoms with Crippen molar-refractivity contribution in [3.8, 4) is 0 Å². The summed E-state index contributed by atoms with van der Waals surface area (Å²) in [6.45, 7) is 0. The summed E-state index contributed by atoms with van der Waals surface area (Å²) in [5.74, 6) is -0.186. The van der Waals surface area contributed by atoms with E-state index in [4.69, 9.17) is 0 Å². The molecule has 1 aliphatic heterocycles. The molecule has 110 valence electrons. The monoisotopic (exact) mass is 293 g/mol. The third-order valence-electron chi connectivity index (χ3n) is 4.34. The van der Waals surface area contributed by atoms with Crippen LogP contribution < -0.4 is 5.32 Å². The van der Waals surface area contributed by atoms with Gasteiger partial charge in [0.2, 0.25) is 0 Å². The normalized spacial score (nSPS) is 17.5. The predicted octanol–water partition coefficient (Wildman–Crippen LogP) is 1.63. The van der Waals surface area contributed by atoms with Gasteiger partial charge in [0, 0.05) is 38.6 Å². The summed E-state index contributed by atoms with van der Waals surface area (Å²) in [5.41, 5.74) is 4.27. The van der Waals surface area contributed by atoms with Crippen molar-refractivity contribution in [2.24, 2.45) is 14.1 Å². The summed E-state index contributed by atoms with van der Waals surface area (Å²) in [6, 6.07) is 7.65. The fraction of sp³-hybridized carbons (Fsp3) is 0.176. The van der Waals surface area contributed by atoms with Crippen LogP contribution in [-0.4, -0.2) is 20.8 Å². The predicted molar refractivity (Wildman–Crippen MR) is 82.4 cm³/mol. The Morgan fingerprint density at radius 1 is 0.955 bits per heavy atom. The molecule has 2 aliphatic rings. The van der Waals surface area contributed by atoms with E-state index in [0.29, 0.717) is 16.8 Å². The number of aromatic nitrogens is 2. The molecule has 2 aromatic heterocycles. The highest BCUT2D eigenvalue weighted by Gasteiger charge is 2.41. The molecule has 0 bridgehead atoms. The Bertz CT molecular complexity index is 818. The molecule has 0 atom stereocenters. The number of carbonyl (C=O) groups is 2. The minimum atomic E-state index is -0.187.